The van der Waals surface area contributed by atoms with Gasteiger partial charge in [0.1, 0.15) is 12.4 Å². The Morgan fingerprint density at radius 3 is 2.68 bits per heavy atom. The molecule has 1 heterocycles. The Hall–Kier alpha value is -2.55. The SMILES string of the molecule is COc1ccc(CN2CCC(NC(=O)c3cc(Cl)c(N)cc3OCCO)CC2)cc1F. The maximum absolute atomic E-state index is 13.9. The zero-order chi connectivity index (χ0) is 22.4. The Morgan fingerprint density at radius 2 is 2.03 bits per heavy atom. The van der Waals surface area contributed by atoms with Gasteiger partial charge in [-0.15, -0.1) is 0 Å². The Labute approximate surface area is 185 Å². The molecule has 0 saturated carbocycles. The number of aliphatic hydroxyl groups excluding tert-OH is 1. The molecule has 0 bridgehead atoms. The first-order valence-corrected chi connectivity index (χ1v) is 10.5. The molecule has 1 aliphatic rings. The van der Waals surface area contributed by atoms with Crippen molar-refractivity contribution < 1.29 is 23.8 Å². The lowest BCUT2D eigenvalue weighted by molar-refractivity contribution is 0.0903. The highest BCUT2D eigenvalue weighted by Crippen LogP contribution is 2.29. The van der Waals surface area contributed by atoms with Gasteiger partial charge in [-0.1, -0.05) is 17.7 Å². The minimum atomic E-state index is -0.372. The van der Waals surface area contributed by atoms with E-state index in [1.165, 1.54) is 25.3 Å². The number of piperidine rings is 1. The third-order valence-corrected chi connectivity index (χ3v) is 5.56. The number of anilines is 1. The van der Waals surface area contributed by atoms with Crippen LogP contribution in [0.5, 0.6) is 11.5 Å². The van der Waals surface area contributed by atoms with Gasteiger partial charge in [0.05, 0.1) is 30.0 Å². The van der Waals surface area contributed by atoms with Crippen molar-refractivity contribution in [3.8, 4) is 11.5 Å². The second-order valence-corrected chi connectivity index (χ2v) is 7.84. The molecule has 1 amide bonds. The van der Waals surface area contributed by atoms with E-state index < -0.39 is 0 Å². The standard InChI is InChI=1S/C22H27ClFN3O4/c1-30-20-3-2-14(10-18(20)24)13-27-6-4-15(5-7-27)26-22(29)16-11-17(23)19(25)12-21(16)31-9-8-28/h2-3,10-12,15,28H,4-9,13,25H2,1H3,(H,26,29). The number of nitrogens with one attached hydrogen (secondary N) is 1. The highest BCUT2D eigenvalue weighted by atomic mass is 35.5. The lowest BCUT2D eigenvalue weighted by Gasteiger charge is -2.32. The summed E-state index contributed by atoms with van der Waals surface area (Å²) >= 11 is 6.08. The number of aliphatic hydroxyl groups is 1. The molecule has 0 spiro atoms. The predicted molar refractivity (Wildman–Crippen MR) is 117 cm³/mol. The molecule has 168 valence electrons. The van der Waals surface area contributed by atoms with E-state index in [0.29, 0.717) is 12.2 Å². The molecule has 0 aliphatic carbocycles. The quantitative estimate of drug-likeness (QED) is 0.534. The average molecular weight is 452 g/mol. The van der Waals surface area contributed by atoms with Crippen molar-refractivity contribution in [3.05, 3.63) is 52.3 Å². The Kier molecular flexibility index (Phi) is 7.95. The lowest BCUT2D eigenvalue weighted by atomic mass is 10.0. The molecule has 4 N–H and O–H groups in total. The van der Waals surface area contributed by atoms with Crippen LogP contribution in [0.25, 0.3) is 0 Å². The van der Waals surface area contributed by atoms with Gasteiger partial charge in [-0.3, -0.25) is 9.69 Å². The van der Waals surface area contributed by atoms with Crippen molar-refractivity contribution in [1.29, 1.82) is 0 Å². The Balaban J connectivity index is 1.56. The molecule has 3 rings (SSSR count). The molecule has 0 radical (unpaired) electrons. The van der Waals surface area contributed by atoms with Crippen LogP contribution in [-0.2, 0) is 6.54 Å². The zero-order valence-electron chi connectivity index (χ0n) is 17.4. The summed E-state index contributed by atoms with van der Waals surface area (Å²) in [6, 6.07) is 7.94. The van der Waals surface area contributed by atoms with Crippen molar-refractivity contribution >= 4 is 23.2 Å². The number of nitrogen functional groups attached to an aromatic ring is 1. The van der Waals surface area contributed by atoms with Gasteiger partial charge in [0.15, 0.2) is 11.6 Å². The molecule has 9 heteroatoms. The highest BCUT2D eigenvalue weighted by Gasteiger charge is 2.23. The van der Waals surface area contributed by atoms with Crippen molar-refractivity contribution in [2.75, 3.05) is 39.1 Å². The second-order valence-electron chi connectivity index (χ2n) is 7.43. The first-order chi connectivity index (χ1) is 14.9. The van der Waals surface area contributed by atoms with Gasteiger partial charge in [0.25, 0.3) is 5.91 Å². The van der Waals surface area contributed by atoms with Crippen LogP contribution in [0.2, 0.25) is 5.02 Å². The van der Waals surface area contributed by atoms with Gasteiger partial charge in [0, 0.05) is 31.7 Å². The minimum Gasteiger partial charge on any atom is -0.494 e. The topological polar surface area (TPSA) is 97.1 Å². The van der Waals surface area contributed by atoms with Gasteiger partial charge in [-0.2, -0.15) is 0 Å². The van der Waals surface area contributed by atoms with Gasteiger partial charge >= 0.3 is 0 Å². The van der Waals surface area contributed by atoms with E-state index >= 15 is 0 Å². The summed E-state index contributed by atoms with van der Waals surface area (Å²) in [6.45, 7) is 2.05. The minimum absolute atomic E-state index is 0.00151. The fourth-order valence-corrected chi connectivity index (χ4v) is 3.75. The van der Waals surface area contributed by atoms with Gasteiger partial charge in [-0.25, -0.2) is 4.39 Å². The van der Waals surface area contributed by atoms with Crippen molar-refractivity contribution in [2.45, 2.75) is 25.4 Å². The summed E-state index contributed by atoms with van der Waals surface area (Å²) < 4.78 is 24.3. The number of carbonyl (C=O) groups excluding carboxylic acids is 1. The smallest absolute Gasteiger partial charge is 0.255 e. The summed E-state index contributed by atoms with van der Waals surface area (Å²) in [4.78, 5) is 15.0. The summed E-state index contributed by atoms with van der Waals surface area (Å²) in [5.74, 6) is -0.156. The number of hydrogen-bond acceptors (Lipinski definition) is 6. The molecular weight excluding hydrogens is 425 g/mol. The van der Waals surface area contributed by atoms with E-state index in [1.807, 2.05) is 6.07 Å². The number of ether oxygens (including phenoxy) is 2. The number of halogens is 2. The summed E-state index contributed by atoms with van der Waals surface area (Å²) in [5.41, 5.74) is 7.27. The fraction of sp³-hybridized carbons (Fsp3) is 0.409. The molecule has 2 aromatic carbocycles. The largest absolute Gasteiger partial charge is 0.494 e. The van der Waals surface area contributed by atoms with E-state index in [2.05, 4.69) is 10.2 Å². The molecule has 0 unspecified atom stereocenters. The number of nitrogens with zero attached hydrogens (tertiary/aromatic N) is 1. The van der Waals surface area contributed by atoms with Crippen LogP contribution in [0.4, 0.5) is 10.1 Å². The Morgan fingerprint density at radius 1 is 1.29 bits per heavy atom. The summed E-state index contributed by atoms with van der Waals surface area (Å²) in [5, 5.41) is 12.3. The first kappa shape index (κ1) is 23.1. The molecule has 2 aromatic rings. The molecule has 0 aromatic heterocycles. The number of hydrogen-bond donors (Lipinski definition) is 3. The van der Waals surface area contributed by atoms with Crippen LogP contribution < -0.4 is 20.5 Å². The number of nitrogens with two attached hydrogens (primary N) is 1. The number of amides is 1. The van der Waals surface area contributed by atoms with Crippen molar-refractivity contribution in [2.24, 2.45) is 0 Å². The van der Waals surface area contributed by atoms with Crippen molar-refractivity contribution in [3.63, 3.8) is 0 Å². The lowest BCUT2D eigenvalue weighted by Crippen LogP contribution is -2.44. The number of rotatable bonds is 8. The molecule has 7 nitrogen and oxygen atoms in total. The zero-order valence-corrected chi connectivity index (χ0v) is 18.1. The van der Waals surface area contributed by atoms with Crippen LogP contribution in [0.1, 0.15) is 28.8 Å². The van der Waals surface area contributed by atoms with E-state index in [1.54, 1.807) is 6.07 Å². The third kappa shape index (κ3) is 6.00. The summed E-state index contributed by atoms with van der Waals surface area (Å²) in [6.07, 6.45) is 1.53. The third-order valence-electron chi connectivity index (χ3n) is 5.24. The maximum atomic E-state index is 13.9. The monoisotopic (exact) mass is 451 g/mol. The van der Waals surface area contributed by atoms with Crippen LogP contribution >= 0.6 is 11.6 Å². The molecule has 31 heavy (non-hydrogen) atoms. The normalized spacial score (nSPS) is 15.0. The van der Waals surface area contributed by atoms with E-state index in [-0.39, 0.29) is 53.1 Å². The van der Waals surface area contributed by atoms with Gasteiger partial charge in [0.2, 0.25) is 0 Å². The molecule has 1 fully saturated rings. The van der Waals surface area contributed by atoms with Crippen LogP contribution in [-0.4, -0.2) is 55.4 Å². The molecule has 0 atom stereocenters. The van der Waals surface area contributed by atoms with Crippen LogP contribution in [0, 0.1) is 5.82 Å². The number of benzene rings is 2. The van der Waals surface area contributed by atoms with Crippen molar-refractivity contribution in [1.82, 2.24) is 10.2 Å². The Bertz CT molecular complexity index is 920. The molecule has 1 saturated heterocycles. The maximum Gasteiger partial charge on any atom is 0.255 e. The number of carbonyl (C=O) groups is 1. The van der Waals surface area contributed by atoms with E-state index in [0.717, 1.165) is 31.5 Å². The molecule has 1 aliphatic heterocycles. The van der Waals surface area contributed by atoms with Crippen LogP contribution in [0.15, 0.2) is 30.3 Å². The second kappa shape index (κ2) is 10.7. The van der Waals surface area contributed by atoms with Crippen LogP contribution in [0.3, 0.4) is 0 Å². The average Bonchev–Trinajstić information content (AvgIpc) is 2.75. The predicted octanol–water partition coefficient (Wildman–Crippen LogP) is 2.84. The van der Waals surface area contributed by atoms with E-state index in [9.17, 15) is 9.18 Å². The van der Waals surface area contributed by atoms with E-state index in [4.69, 9.17) is 31.9 Å². The summed E-state index contributed by atoms with van der Waals surface area (Å²) in [7, 11) is 1.44. The van der Waals surface area contributed by atoms with Gasteiger partial charge < -0.3 is 25.6 Å². The van der Waals surface area contributed by atoms with Gasteiger partial charge in [-0.05, 0) is 36.6 Å². The highest BCUT2D eigenvalue weighted by molar-refractivity contribution is 6.33. The fourth-order valence-electron chi connectivity index (χ4n) is 3.59. The first-order valence-electron chi connectivity index (χ1n) is 10.1. The number of likely N-dealkylation sites (tertiary alicyclic amines) is 1. The molecular formula is C22H27ClFN3O4. The number of methoxy groups -OCH3 is 1.